The van der Waals surface area contributed by atoms with Crippen LogP contribution in [0, 0.1) is 0 Å². The van der Waals surface area contributed by atoms with Crippen LogP contribution in [0.5, 0.6) is 5.75 Å². The van der Waals surface area contributed by atoms with Crippen LogP contribution in [0.2, 0.25) is 0 Å². The van der Waals surface area contributed by atoms with Gasteiger partial charge in [0, 0.05) is 6.92 Å². The van der Waals surface area contributed by atoms with Gasteiger partial charge in [0.15, 0.2) is 0 Å². The second kappa shape index (κ2) is 6.01. The van der Waals surface area contributed by atoms with Crippen LogP contribution < -0.4 is 0 Å². The quantitative estimate of drug-likeness (QED) is 0.418. The average Bonchev–Trinajstić information content (AvgIpc) is 2.03. The fourth-order valence-electron chi connectivity index (χ4n) is 0.832. The number of phenolic OH excluding ortho intramolecular Hbond substituents is 1. The standard InChI is InChI=1S/C9H8O4.Ca.2H/c1-6(10)13-9(12)7-4-2-3-5-8(7)11;;;/h2-5,11H,1H3;;;. The predicted octanol–water partition coefficient (Wildman–Crippen LogP) is 0.179. The fraction of sp³-hybridized carbons (Fsp3) is 0.111. The van der Waals surface area contributed by atoms with E-state index < -0.39 is 11.9 Å². The Morgan fingerprint density at radius 2 is 1.86 bits per heavy atom. The van der Waals surface area contributed by atoms with E-state index in [1.54, 1.807) is 12.1 Å². The molecule has 14 heavy (non-hydrogen) atoms. The molecule has 0 spiro atoms. The first-order chi connectivity index (χ1) is 6.11. The molecule has 0 saturated carbocycles. The van der Waals surface area contributed by atoms with Crippen LogP contribution in [0.3, 0.4) is 0 Å². The molecule has 72 valence electrons. The summed E-state index contributed by atoms with van der Waals surface area (Å²) in [4.78, 5) is 21.5. The number of carbonyl (C=O) groups is 2. The summed E-state index contributed by atoms with van der Waals surface area (Å²) in [5.41, 5.74) is -0.0160. The van der Waals surface area contributed by atoms with Crippen molar-refractivity contribution in [3.63, 3.8) is 0 Å². The molecule has 0 radical (unpaired) electrons. The topological polar surface area (TPSA) is 63.6 Å². The Kier molecular flexibility index (Phi) is 5.76. The third-order valence-corrected chi connectivity index (χ3v) is 1.36. The van der Waals surface area contributed by atoms with E-state index in [-0.39, 0.29) is 49.1 Å². The first-order valence-electron chi connectivity index (χ1n) is 3.62. The van der Waals surface area contributed by atoms with E-state index in [4.69, 9.17) is 0 Å². The molecule has 1 rings (SSSR count). The third kappa shape index (κ3) is 3.65. The first-order valence-corrected chi connectivity index (χ1v) is 3.62. The summed E-state index contributed by atoms with van der Waals surface area (Å²) in [7, 11) is 0. The Morgan fingerprint density at radius 3 is 2.36 bits per heavy atom. The van der Waals surface area contributed by atoms with Crippen molar-refractivity contribution in [1.29, 1.82) is 0 Å². The van der Waals surface area contributed by atoms with Crippen LogP contribution >= 0.6 is 0 Å². The van der Waals surface area contributed by atoms with Crippen LogP contribution in [-0.4, -0.2) is 54.8 Å². The van der Waals surface area contributed by atoms with Gasteiger partial charge >= 0.3 is 49.7 Å². The van der Waals surface area contributed by atoms with E-state index in [1.807, 2.05) is 0 Å². The van der Waals surface area contributed by atoms with Gasteiger partial charge in [0.25, 0.3) is 0 Å². The van der Waals surface area contributed by atoms with Gasteiger partial charge in [0.2, 0.25) is 0 Å². The van der Waals surface area contributed by atoms with Crippen LogP contribution in [0.25, 0.3) is 0 Å². The number of benzene rings is 1. The average molecular weight is 222 g/mol. The molecular formula is C9H10CaO4. The zero-order valence-electron chi connectivity index (χ0n) is 6.98. The van der Waals surface area contributed by atoms with Crippen LogP contribution in [0.15, 0.2) is 24.3 Å². The summed E-state index contributed by atoms with van der Waals surface area (Å²) in [6.45, 7) is 1.12. The van der Waals surface area contributed by atoms with E-state index in [0.29, 0.717) is 0 Å². The van der Waals surface area contributed by atoms with Crippen molar-refractivity contribution in [3.05, 3.63) is 29.8 Å². The van der Waals surface area contributed by atoms with Gasteiger partial charge in [-0.25, -0.2) is 4.79 Å². The summed E-state index contributed by atoms with van der Waals surface area (Å²) in [6.07, 6.45) is 0. The van der Waals surface area contributed by atoms with Crippen molar-refractivity contribution >= 4 is 49.7 Å². The van der Waals surface area contributed by atoms with Crippen molar-refractivity contribution in [1.82, 2.24) is 0 Å². The SMILES string of the molecule is CC(=O)OC(=O)c1ccccc1O.[CaH2]. The molecule has 4 nitrogen and oxygen atoms in total. The summed E-state index contributed by atoms with van der Waals surface area (Å²) in [6, 6.07) is 5.85. The van der Waals surface area contributed by atoms with E-state index in [2.05, 4.69) is 4.74 Å². The maximum atomic E-state index is 11.1. The third-order valence-electron chi connectivity index (χ3n) is 1.36. The van der Waals surface area contributed by atoms with E-state index in [1.165, 1.54) is 12.1 Å². The van der Waals surface area contributed by atoms with Crippen molar-refractivity contribution in [3.8, 4) is 5.75 Å². The zero-order valence-corrected chi connectivity index (χ0v) is 6.98. The van der Waals surface area contributed by atoms with Crippen molar-refractivity contribution < 1.29 is 19.4 Å². The second-order valence-corrected chi connectivity index (χ2v) is 2.40. The molecule has 0 aliphatic carbocycles. The van der Waals surface area contributed by atoms with Crippen molar-refractivity contribution in [2.45, 2.75) is 6.92 Å². The van der Waals surface area contributed by atoms with Crippen molar-refractivity contribution in [2.75, 3.05) is 0 Å². The van der Waals surface area contributed by atoms with Gasteiger partial charge in [-0.2, -0.15) is 0 Å². The Morgan fingerprint density at radius 1 is 1.29 bits per heavy atom. The predicted molar refractivity (Wildman–Crippen MR) is 52.7 cm³/mol. The zero-order chi connectivity index (χ0) is 9.84. The monoisotopic (exact) mass is 222 g/mol. The number of para-hydroxylation sites is 1. The number of hydrogen-bond acceptors (Lipinski definition) is 4. The molecular weight excluding hydrogens is 212 g/mol. The normalized spacial score (nSPS) is 8.64. The molecule has 0 heterocycles. The van der Waals surface area contributed by atoms with Crippen LogP contribution in [-0.2, 0) is 9.53 Å². The Balaban J connectivity index is 0.00000169. The minimum absolute atomic E-state index is 0. The molecule has 0 bridgehead atoms. The molecule has 1 N–H and O–H groups in total. The van der Waals surface area contributed by atoms with Gasteiger partial charge < -0.3 is 9.84 Å². The molecule has 0 saturated heterocycles. The first kappa shape index (κ1) is 13.4. The second-order valence-electron chi connectivity index (χ2n) is 2.40. The number of hydrogen-bond donors (Lipinski definition) is 1. The van der Waals surface area contributed by atoms with E-state index >= 15 is 0 Å². The molecule has 0 fully saturated rings. The maximum absolute atomic E-state index is 11.1. The Labute approximate surface area is 111 Å². The molecule has 1 aromatic rings. The number of esters is 2. The summed E-state index contributed by atoms with van der Waals surface area (Å²) in [5.74, 6) is -1.74. The fourth-order valence-corrected chi connectivity index (χ4v) is 0.832. The molecule has 5 heteroatoms. The molecule has 0 amide bonds. The van der Waals surface area contributed by atoms with Crippen molar-refractivity contribution in [2.24, 2.45) is 0 Å². The molecule has 0 unspecified atom stereocenters. The molecule has 0 aromatic heterocycles. The summed E-state index contributed by atoms with van der Waals surface area (Å²) < 4.78 is 4.28. The number of aromatic hydroxyl groups is 1. The molecule has 1 aromatic carbocycles. The van der Waals surface area contributed by atoms with E-state index in [0.717, 1.165) is 6.92 Å². The van der Waals surface area contributed by atoms with Gasteiger partial charge in [-0.15, -0.1) is 0 Å². The number of carbonyl (C=O) groups excluding carboxylic acids is 2. The molecule has 0 aliphatic rings. The molecule has 0 atom stereocenters. The summed E-state index contributed by atoms with van der Waals surface area (Å²) >= 11 is 0. The van der Waals surface area contributed by atoms with Gasteiger partial charge in [0.1, 0.15) is 11.3 Å². The Bertz CT molecular complexity index is 348. The number of ether oxygens (including phenoxy) is 1. The van der Waals surface area contributed by atoms with Gasteiger partial charge in [-0.05, 0) is 12.1 Å². The summed E-state index contributed by atoms with van der Waals surface area (Å²) in [5, 5.41) is 9.18. The Hall–Kier alpha value is -0.580. The van der Waals surface area contributed by atoms with Gasteiger partial charge in [0.05, 0.1) is 0 Å². The minimum atomic E-state index is -0.842. The van der Waals surface area contributed by atoms with Crippen LogP contribution in [0.1, 0.15) is 17.3 Å². The number of phenols is 1. The van der Waals surface area contributed by atoms with Gasteiger partial charge in [-0.1, -0.05) is 12.1 Å². The van der Waals surface area contributed by atoms with Gasteiger partial charge in [-0.3, -0.25) is 4.79 Å². The molecule has 0 aliphatic heterocycles. The van der Waals surface area contributed by atoms with Crippen LogP contribution in [0.4, 0.5) is 0 Å². The van der Waals surface area contributed by atoms with E-state index in [9.17, 15) is 14.7 Å². The number of rotatable bonds is 1.